The number of ether oxygens (including phenoxy) is 1. The summed E-state index contributed by atoms with van der Waals surface area (Å²) in [4.78, 5) is 30.0. The van der Waals surface area contributed by atoms with Gasteiger partial charge in [-0.15, -0.1) is 0 Å². The molecule has 10 heteroatoms. The summed E-state index contributed by atoms with van der Waals surface area (Å²) < 4.78 is 23.3. The van der Waals surface area contributed by atoms with Gasteiger partial charge in [-0.2, -0.15) is 9.94 Å². The monoisotopic (exact) mass is 470 g/mol. The van der Waals surface area contributed by atoms with Crippen molar-refractivity contribution < 1.29 is 9.13 Å². The average Bonchev–Trinajstić information content (AvgIpc) is 3.77. The van der Waals surface area contributed by atoms with Gasteiger partial charge in [0.25, 0.3) is 5.56 Å². The number of benzene rings is 1. The van der Waals surface area contributed by atoms with Crippen molar-refractivity contribution in [3.63, 3.8) is 0 Å². The first-order valence-electron chi connectivity index (χ1n) is 12.1. The molecule has 2 N–H and O–H groups in total. The Bertz CT molecular complexity index is 1290. The summed E-state index contributed by atoms with van der Waals surface area (Å²) in [5.74, 6) is 5.75. The van der Waals surface area contributed by atoms with Crippen LogP contribution in [-0.4, -0.2) is 53.0 Å². The SMILES string of the molecule is CCN(CCC#N)C1(C2CCN(c3c(F)cc4c(=O)n(N)c(=O)n(C5CC5)c4c3OC)C2)CC1. The minimum atomic E-state index is -0.729. The third-order valence-electron chi connectivity index (χ3n) is 7.93. The van der Waals surface area contributed by atoms with Crippen LogP contribution in [0.2, 0.25) is 0 Å². The second kappa shape index (κ2) is 8.31. The lowest BCUT2D eigenvalue weighted by atomic mass is 9.94. The van der Waals surface area contributed by atoms with E-state index in [9.17, 15) is 9.59 Å². The van der Waals surface area contributed by atoms with Gasteiger partial charge in [0.05, 0.1) is 18.6 Å². The Morgan fingerprint density at radius 3 is 2.65 bits per heavy atom. The topological polar surface area (TPSA) is 110 Å². The van der Waals surface area contributed by atoms with E-state index in [1.807, 2.05) is 4.90 Å². The number of methoxy groups -OCH3 is 1. The summed E-state index contributed by atoms with van der Waals surface area (Å²) in [6.07, 6.45) is 5.17. The molecular formula is C24H31FN6O3. The van der Waals surface area contributed by atoms with Crippen LogP contribution in [-0.2, 0) is 0 Å². The standard InChI is InChI=1S/C24H31FN6O3/c1-3-29(11-4-10-26)24(8-9-24)15-7-12-28(14-15)20-18(25)13-17-19(21(20)34-2)30(16-5-6-16)23(33)31(27)22(17)32/h13,15-16H,3-9,11-12,14,27H2,1-2H3. The van der Waals surface area contributed by atoms with Crippen LogP contribution >= 0.6 is 0 Å². The highest BCUT2D eigenvalue weighted by Gasteiger charge is 2.54. The Labute approximate surface area is 197 Å². The maximum Gasteiger partial charge on any atom is 0.350 e. The zero-order valence-electron chi connectivity index (χ0n) is 19.7. The number of nitrogen functional groups attached to an aromatic ring is 1. The lowest BCUT2D eigenvalue weighted by Gasteiger charge is -2.35. The molecule has 0 bridgehead atoms. The highest BCUT2D eigenvalue weighted by molar-refractivity contribution is 5.91. The Morgan fingerprint density at radius 2 is 2.06 bits per heavy atom. The molecule has 3 fully saturated rings. The molecule has 182 valence electrons. The van der Waals surface area contributed by atoms with E-state index >= 15 is 4.39 Å². The minimum Gasteiger partial charge on any atom is -0.492 e. The smallest absolute Gasteiger partial charge is 0.350 e. The van der Waals surface area contributed by atoms with E-state index in [1.165, 1.54) is 17.7 Å². The van der Waals surface area contributed by atoms with Crippen LogP contribution in [0.3, 0.4) is 0 Å². The fourth-order valence-corrected chi connectivity index (χ4v) is 5.99. The maximum atomic E-state index is 15.6. The van der Waals surface area contributed by atoms with Crippen molar-refractivity contribution in [3.05, 3.63) is 32.7 Å². The lowest BCUT2D eigenvalue weighted by molar-refractivity contribution is 0.137. The van der Waals surface area contributed by atoms with Gasteiger partial charge in [-0.05, 0) is 50.6 Å². The molecule has 1 aromatic carbocycles. The number of nitrogens with two attached hydrogens (primary N) is 1. The van der Waals surface area contributed by atoms with Crippen molar-refractivity contribution in [3.8, 4) is 11.8 Å². The van der Waals surface area contributed by atoms with E-state index in [2.05, 4.69) is 17.9 Å². The van der Waals surface area contributed by atoms with Crippen LogP contribution in [0.15, 0.2) is 15.7 Å². The number of fused-ring (bicyclic) bond motifs is 1. The van der Waals surface area contributed by atoms with E-state index in [-0.39, 0.29) is 22.7 Å². The summed E-state index contributed by atoms with van der Waals surface area (Å²) >= 11 is 0. The Hall–Kier alpha value is -3.06. The van der Waals surface area contributed by atoms with Crippen molar-refractivity contribution in [2.24, 2.45) is 5.92 Å². The third-order valence-corrected chi connectivity index (χ3v) is 7.93. The molecular weight excluding hydrogens is 439 g/mol. The summed E-state index contributed by atoms with van der Waals surface area (Å²) in [5.41, 5.74) is -0.649. The number of halogens is 1. The molecule has 2 aromatic rings. The summed E-state index contributed by atoms with van der Waals surface area (Å²) in [7, 11) is 1.45. The van der Waals surface area contributed by atoms with Gasteiger partial charge in [-0.3, -0.25) is 14.3 Å². The highest BCUT2D eigenvalue weighted by atomic mass is 19.1. The minimum absolute atomic E-state index is 0.0511. The summed E-state index contributed by atoms with van der Waals surface area (Å²) in [6.45, 7) is 5.06. The van der Waals surface area contributed by atoms with Crippen LogP contribution in [0.25, 0.3) is 10.9 Å². The fourth-order valence-electron chi connectivity index (χ4n) is 5.99. The number of aromatic nitrogens is 2. The van der Waals surface area contributed by atoms with E-state index in [0.717, 1.165) is 45.2 Å². The van der Waals surface area contributed by atoms with Gasteiger partial charge >= 0.3 is 5.69 Å². The molecule has 1 aromatic heterocycles. The zero-order chi connectivity index (χ0) is 24.2. The molecule has 1 atom stereocenters. The highest BCUT2D eigenvalue weighted by Crippen LogP contribution is 2.52. The molecule has 0 radical (unpaired) electrons. The van der Waals surface area contributed by atoms with Crippen molar-refractivity contribution in [1.82, 2.24) is 14.1 Å². The van der Waals surface area contributed by atoms with Crippen LogP contribution in [0.1, 0.15) is 51.5 Å². The largest absolute Gasteiger partial charge is 0.492 e. The van der Waals surface area contributed by atoms with Gasteiger partial charge in [0.1, 0.15) is 11.2 Å². The van der Waals surface area contributed by atoms with E-state index < -0.39 is 17.1 Å². The summed E-state index contributed by atoms with van der Waals surface area (Å²) in [6, 6.07) is 3.37. The first kappa shape index (κ1) is 22.7. The molecule has 9 nitrogen and oxygen atoms in total. The number of hydrogen-bond donors (Lipinski definition) is 1. The summed E-state index contributed by atoms with van der Waals surface area (Å²) in [5, 5.41) is 9.10. The first-order valence-corrected chi connectivity index (χ1v) is 12.1. The molecule has 1 aliphatic heterocycles. The molecule has 2 saturated carbocycles. The molecule has 1 saturated heterocycles. The molecule has 3 aliphatic rings. The molecule has 34 heavy (non-hydrogen) atoms. The predicted molar refractivity (Wildman–Crippen MR) is 127 cm³/mol. The number of hydrogen-bond acceptors (Lipinski definition) is 7. The number of anilines is 1. The van der Waals surface area contributed by atoms with Crippen LogP contribution in [0.5, 0.6) is 5.75 Å². The van der Waals surface area contributed by atoms with Gasteiger partial charge in [-0.1, -0.05) is 6.92 Å². The average molecular weight is 471 g/mol. The van der Waals surface area contributed by atoms with Gasteiger partial charge in [0.2, 0.25) is 0 Å². The van der Waals surface area contributed by atoms with Gasteiger partial charge in [0.15, 0.2) is 11.6 Å². The number of rotatable bonds is 8. The third kappa shape index (κ3) is 3.36. The van der Waals surface area contributed by atoms with Crippen molar-refractivity contribution in [1.29, 1.82) is 5.26 Å². The van der Waals surface area contributed by atoms with Crippen LogP contribution < -0.4 is 26.7 Å². The van der Waals surface area contributed by atoms with Gasteiger partial charge in [0, 0.05) is 37.6 Å². The lowest BCUT2D eigenvalue weighted by Crippen LogP contribution is -2.45. The predicted octanol–water partition coefficient (Wildman–Crippen LogP) is 1.95. The van der Waals surface area contributed by atoms with Crippen molar-refractivity contribution >= 4 is 16.6 Å². The van der Waals surface area contributed by atoms with Crippen LogP contribution in [0, 0.1) is 23.1 Å². The second-order valence-electron chi connectivity index (χ2n) is 9.72. The second-order valence-corrected chi connectivity index (χ2v) is 9.72. The molecule has 5 rings (SSSR count). The number of nitrogens with zero attached hydrogens (tertiary/aromatic N) is 5. The molecule has 2 aliphatic carbocycles. The van der Waals surface area contributed by atoms with E-state index in [4.69, 9.17) is 15.8 Å². The fraction of sp³-hybridized carbons (Fsp3) is 0.625. The quantitative estimate of drug-likeness (QED) is 0.587. The molecule has 0 spiro atoms. The van der Waals surface area contributed by atoms with E-state index in [0.29, 0.717) is 41.3 Å². The molecule has 1 unspecified atom stereocenters. The Balaban J connectivity index is 1.57. The Morgan fingerprint density at radius 1 is 1.32 bits per heavy atom. The molecule has 2 heterocycles. The molecule has 0 amide bonds. The zero-order valence-corrected chi connectivity index (χ0v) is 19.7. The maximum absolute atomic E-state index is 15.6. The van der Waals surface area contributed by atoms with Crippen molar-refractivity contribution in [2.75, 3.05) is 44.0 Å². The van der Waals surface area contributed by atoms with Crippen LogP contribution in [0.4, 0.5) is 10.1 Å². The normalized spacial score (nSPS) is 21.3. The van der Waals surface area contributed by atoms with E-state index in [1.54, 1.807) is 0 Å². The van der Waals surface area contributed by atoms with Gasteiger partial charge in [-0.25, -0.2) is 9.18 Å². The van der Waals surface area contributed by atoms with Gasteiger partial charge < -0.3 is 15.5 Å². The Kier molecular flexibility index (Phi) is 5.55. The van der Waals surface area contributed by atoms with Crippen molar-refractivity contribution in [2.45, 2.75) is 57.0 Å². The number of nitriles is 1. The first-order chi connectivity index (χ1) is 16.4.